The van der Waals surface area contributed by atoms with Crippen molar-refractivity contribution < 1.29 is 4.74 Å². The first-order valence-corrected chi connectivity index (χ1v) is 9.06. The zero-order valence-electron chi connectivity index (χ0n) is 13.6. The van der Waals surface area contributed by atoms with Crippen molar-refractivity contribution in [3.63, 3.8) is 0 Å². The number of hydrogen-bond acceptors (Lipinski definition) is 3. The van der Waals surface area contributed by atoms with Crippen LogP contribution in [0.25, 0.3) is 0 Å². The van der Waals surface area contributed by atoms with Gasteiger partial charge in [-0.05, 0) is 47.2 Å². The number of para-hydroxylation sites is 5. The fourth-order valence-corrected chi connectivity index (χ4v) is 3.24. The van der Waals surface area contributed by atoms with Crippen LogP contribution in [0, 0.1) is 0 Å². The zero-order valence-corrected chi connectivity index (χ0v) is 14.4. The van der Waals surface area contributed by atoms with Crippen molar-refractivity contribution in [1.82, 2.24) is 0 Å². The summed E-state index contributed by atoms with van der Waals surface area (Å²) in [5.74, 6) is 1.77. The van der Waals surface area contributed by atoms with Gasteiger partial charge in [0.1, 0.15) is 0 Å². The molecule has 0 amide bonds. The van der Waals surface area contributed by atoms with Gasteiger partial charge in [-0.2, -0.15) is 11.3 Å². The van der Waals surface area contributed by atoms with Crippen molar-refractivity contribution in [2.75, 3.05) is 4.90 Å². The third kappa shape index (κ3) is 3.28. The maximum Gasteiger partial charge on any atom is 0.151 e. The second-order valence-electron chi connectivity index (χ2n) is 5.50. The van der Waals surface area contributed by atoms with Crippen LogP contribution in [0.5, 0.6) is 11.5 Å². The Bertz CT molecular complexity index is 872. The van der Waals surface area contributed by atoms with Gasteiger partial charge >= 0.3 is 0 Å². The average molecular weight is 343 g/mol. The summed E-state index contributed by atoms with van der Waals surface area (Å²) >= 11 is 1.71. The maximum absolute atomic E-state index is 5.99. The highest BCUT2D eigenvalue weighted by Gasteiger charge is 2.24. The molecule has 0 radical (unpaired) electrons. The van der Waals surface area contributed by atoms with E-state index in [2.05, 4.69) is 41.3 Å². The monoisotopic (exact) mass is 343 g/mol. The van der Waals surface area contributed by atoms with Gasteiger partial charge in [-0.1, -0.05) is 54.6 Å². The van der Waals surface area contributed by atoms with Gasteiger partial charge in [0.25, 0.3) is 0 Å². The first-order chi connectivity index (χ1) is 12.4. The number of hydrogen-bond donors (Lipinski definition) is 0. The third-order valence-electron chi connectivity index (χ3n) is 3.87. The number of ether oxygens (including phenoxy) is 1. The standard InChI is InChI=1S/C18H13NO.C4H4S/c1-2-8-14(9-3-1)19-15-10-4-6-12-17(15)20-18-13-7-5-11-16(18)19;1-2-4-5-3-1/h1-13H;1-4H. The minimum Gasteiger partial charge on any atom is -0.453 e. The molecule has 0 unspecified atom stereocenters. The Balaban J connectivity index is 0.000000272. The Kier molecular flexibility index (Phi) is 4.49. The molecule has 25 heavy (non-hydrogen) atoms. The molecule has 3 heteroatoms. The summed E-state index contributed by atoms with van der Waals surface area (Å²) in [6, 6.07) is 30.6. The fraction of sp³-hybridized carbons (Fsp3) is 0. The molecular weight excluding hydrogens is 326 g/mol. The minimum absolute atomic E-state index is 0.884. The molecule has 5 rings (SSSR count). The van der Waals surface area contributed by atoms with Crippen LogP contribution >= 0.6 is 11.3 Å². The Morgan fingerprint density at radius 1 is 0.560 bits per heavy atom. The van der Waals surface area contributed by atoms with Gasteiger partial charge < -0.3 is 9.64 Å². The molecule has 0 atom stereocenters. The lowest BCUT2D eigenvalue weighted by molar-refractivity contribution is 0.477. The molecule has 3 aromatic carbocycles. The predicted molar refractivity (Wildman–Crippen MR) is 106 cm³/mol. The quantitative estimate of drug-likeness (QED) is 0.324. The normalized spacial score (nSPS) is 11.4. The lowest BCUT2D eigenvalue weighted by Gasteiger charge is -2.32. The van der Waals surface area contributed by atoms with E-state index >= 15 is 0 Å². The van der Waals surface area contributed by atoms with E-state index in [-0.39, 0.29) is 0 Å². The van der Waals surface area contributed by atoms with E-state index in [0.29, 0.717) is 0 Å². The van der Waals surface area contributed by atoms with Crippen molar-refractivity contribution in [3.8, 4) is 11.5 Å². The lowest BCUT2D eigenvalue weighted by Crippen LogP contribution is -2.15. The average Bonchev–Trinajstić information content (AvgIpc) is 3.27. The zero-order chi connectivity index (χ0) is 16.9. The van der Waals surface area contributed by atoms with Gasteiger partial charge in [0, 0.05) is 5.69 Å². The van der Waals surface area contributed by atoms with E-state index in [1.165, 1.54) is 0 Å². The highest BCUT2D eigenvalue weighted by Crippen LogP contribution is 2.49. The van der Waals surface area contributed by atoms with Gasteiger partial charge in [0.2, 0.25) is 0 Å². The van der Waals surface area contributed by atoms with Crippen LogP contribution in [0.3, 0.4) is 0 Å². The van der Waals surface area contributed by atoms with Crippen molar-refractivity contribution >= 4 is 28.4 Å². The summed E-state index contributed by atoms with van der Waals surface area (Å²) in [7, 11) is 0. The van der Waals surface area contributed by atoms with Crippen molar-refractivity contribution in [3.05, 3.63) is 102 Å². The first-order valence-electron chi connectivity index (χ1n) is 8.12. The largest absolute Gasteiger partial charge is 0.453 e. The van der Waals surface area contributed by atoms with E-state index in [9.17, 15) is 0 Å². The number of anilines is 3. The molecule has 0 aliphatic carbocycles. The van der Waals surface area contributed by atoms with Crippen LogP contribution in [0.4, 0.5) is 17.1 Å². The molecule has 1 aliphatic rings. The summed E-state index contributed by atoms with van der Waals surface area (Å²) in [6.45, 7) is 0. The number of nitrogens with zero attached hydrogens (tertiary/aromatic N) is 1. The van der Waals surface area contributed by atoms with Crippen LogP contribution in [-0.4, -0.2) is 0 Å². The number of rotatable bonds is 1. The topological polar surface area (TPSA) is 12.5 Å². The third-order valence-corrected chi connectivity index (χ3v) is 4.50. The van der Waals surface area contributed by atoms with E-state index in [4.69, 9.17) is 4.74 Å². The molecule has 0 fully saturated rings. The van der Waals surface area contributed by atoms with Crippen molar-refractivity contribution in [1.29, 1.82) is 0 Å². The lowest BCUT2D eigenvalue weighted by atomic mass is 10.1. The summed E-state index contributed by atoms with van der Waals surface area (Å²) in [4.78, 5) is 2.23. The molecule has 0 bridgehead atoms. The highest BCUT2D eigenvalue weighted by molar-refractivity contribution is 7.07. The first kappa shape index (κ1) is 15.5. The maximum atomic E-state index is 5.99. The molecule has 4 aromatic rings. The van der Waals surface area contributed by atoms with Gasteiger partial charge in [-0.15, -0.1) is 0 Å². The van der Waals surface area contributed by atoms with Crippen LogP contribution in [0.15, 0.2) is 102 Å². The van der Waals surface area contributed by atoms with E-state index in [1.54, 1.807) is 11.3 Å². The smallest absolute Gasteiger partial charge is 0.151 e. The Morgan fingerprint density at radius 2 is 1.08 bits per heavy atom. The fourth-order valence-electron chi connectivity index (χ4n) is 2.79. The number of thiophene rings is 1. The van der Waals surface area contributed by atoms with Gasteiger partial charge in [-0.25, -0.2) is 0 Å². The Labute approximate surface area is 151 Å². The van der Waals surface area contributed by atoms with Gasteiger partial charge in [0.15, 0.2) is 11.5 Å². The second-order valence-corrected chi connectivity index (χ2v) is 6.32. The van der Waals surface area contributed by atoms with Crippen LogP contribution in [0.1, 0.15) is 0 Å². The molecule has 0 saturated carbocycles. The summed E-state index contributed by atoms with van der Waals surface area (Å²) in [5, 5.41) is 4.08. The number of benzene rings is 3. The van der Waals surface area contributed by atoms with Gasteiger partial charge in [0.05, 0.1) is 11.4 Å². The molecule has 2 nitrogen and oxygen atoms in total. The van der Waals surface area contributed by atoms with Gasteiger partial charge in [-0.3, -0.25) is 0 Å². The van der Waals surface area contributed by atoms with Crippen LogP contribution in [-0.2, 0) is 0 Å². The molecule has 1 aliphatic heterocycles. The summed E-state index contributed by atoms with van der Waals surface area (Å²) in [6.07, 6.45) is 0. The number of fused-ring (bicyclic) bond motifs is 2. The highest BCUT2D eigenvalue weighted by atomic mass is 32.1. The molecule has 122 valence electrons. The molecular formula is C22H17NOS. The van der Waals surface area contributed by atoms with E-state index < -0.39 is 0 Å². The van der Waals surface area contributed by atoms with Crippen molar-refractivity contribution in [2.45, 2.75) is 0 Å². The summed E-state index contributed by atoms with van der Waals surface area (Å²) in [5.41, 5.74) is 3.27. The van der Waals surface area contributed by atoms with Crippen molar-refractivity contribution in [2.24, 2.45) is 0 Å². The Hall–Kier alpha value is -3.04. The predicted octanol–water partition coefficient (Wildman–Crippen LogP) is 7.01. The van der Waals surface area contributed by atoms with Crippen LogP contribution in [0.2, 0.25) is 0 Å². The second kappa shape index (κ2) is 7.24. The molecule has 0 N–H and O–H groups in total. The minimum atomic E-state index is 0.884. The van der Waals surface area contributed by atoms with E-state index in [0.717, 1.165) is 28.6 Å². The molecule has 0 saturated heterocycles. The Morgan fingerprint density at radius 3 is 1.60 bits per heavy atom. The van der Waals surface area contributed by atoms with E-state index in [1.807, 2.05) is 65.4 Å². The van der Waals surface area contributed by atoms with Crippen LogP contribution < -0.4 is 9.64 Å². The molecule has 1 aromatic heterocycles. The molecule has 0 spiro atoms. The SMILES string of the molecule is c1ccc(N2c3ccccc3Oc3ccccc32)cc1.c1ccsc1. The summed E-state index contributed by atoms with van der Waals surface area (Å²) < 4.78 is 5.99. The molecule has 2 heterocycles.